The highest BCUT2D eigenvalue weighted by Crippen LogP contribution is 2.16. The first-order valence-corrected chi connectivity index (χ1v) is 4.28. The molecule has 4 nitrogen and oxygen atoms in total. The average molecular weight is 232 g/mol. The normalized spacial score (nSPS) is 11.4. The zero-order chi connectivity index (χ0) is 10.6. The SMILES string of the molecule is CC(=O)Oc1ccc([C@H](N)CO)cc1.Cl. The Balaban J connectivity index is 0.00000196. The van der Waals surface area contributed by atoms with Gasteiger partial charge in [-0.15, -0.1) is 12.4 Å². The maximum Gasteiger partial charge on any atom is 0.308 e. The molecule has 84 valence electrons. The topological polar surface area (TPSA) is 72.5 Å². The molecule has 1 aromatic carbocycles. The number of aliphatic hydroxyl groups excluding tert-OH is 1. The van der Waals surface area contributed by atoms with Crippen LogP contribution in [-0.2, 0) is 4.79 Å². The number of rotatable bonds is 3. The van der Waals surface area contributed by atoms with Crippen molar-refractivity contribution in [3.63, 3.8) is 0 Å². The Bertz CT molecular complexity index is 313. The second-order valence-electron chi connectivity index (χ2n) is 2.95. The van der Waals surface area contributed by atoms with E-state index < -0.39 is 0 Å². The van der Waals surface area contributed by atoms with Gasteiger partial charge in [0.2, 0.25) is 0 Å². The highest BCUT2D eigenvalue weighted by atomic mass is 35.5. The van der Waals surface area contributed by atoms with Crippen molar-refractivity contribution in [2.24, 2.45) is 5.73 Å². The molecule has 0 aliphatic carbocycles. The number of carbonyl (C=O) groups excluding carboxylic acids is 1. The summed E-state index contributed by atoms with van der Waals surface area (Å²) in [7, 11) is 0. The molecule has 15 heavy (non-hydrogen) atoms. The molecule has 1 atom stereocenters. The van der Waals surface area contributed by atoms with Gasteiger partial charge in [-0.25, -0.2) is 0 Å². The molecule has 3 N–H and O–H groups in total. The van der Waals surface area contributed by atoms with Gasteiger partial charge in [0.05, 0.1) is 12.6 Å². The van der Waals surface area contributed by atoms with Crippen LogP contribution in [0.5, 0.6) is 5.75 Å². The summed E-state index contributed by atoms with van der Waals surface area (Å²) in [6.07, 6.45) is 0. The van der Waals surface area contributed by atoms with Gasteiger partial charge in [0.15, 0.2) is 0 Å². The molecule has 1 rings (SSSR count). The number of hydrogen-bond acceptors (Lipinski definition) is 4. The average Bonchev–Trinajstić information content (AvgIpc) is 2.17. The first-order valence-electron chi connectivity index (χ1n) is 4.28. The van der Waals surface area contributed by atoms with Crippen molar-refractivity contribution >= 4 is 18.4 Å². The maximum atomic E-state index is 10.6. The van der Waals surface area contributed by atoms with Crippen LogP contribution in [0.3, 0.4) is 0 Å². The highest BCUT2D eigenvalue weighted by molar-refractivity contribution is 5.85. The Kier molecular flexibility index (Phi) is 5.93. The van der Waals surface area contributed by atoms with E-state index in [4.69, 9.17) is 15.6 Å². The Morgan fingerprint density at radius 2 is 2.00 bits per heavy atom. The zero-order valence-electron chi connectivity index (χ0n) is 8.34. The van der Waals surface area contributed by atoms with Crippen LogP contribution in [0, 0.1) is 0 Å². The lowest BCUT2D eigenvalue weighted by Gasteiger charge is -2.08. The first-order chi connectivity index (χ1) is 6.63. The number of esters is 1. The van der Waals surface area contributed by atoms with Crippen LogP contribution in [0.1, 0.15) is 18.5 Å². The standard InChI is InChI=1S/C10H13NO3.ClH/c1-7(13)14-9-4-2-8(3-5-9)10(11)6-12;/h2-5,10,12H,6,11H2,1H3;1H/t10-;/m1./s1. The largest absolute Gasteiger partial charge is 0.427 e. The third-order valence-corrected chi connectivity index (χ3v) is 1.77. The quantitative estimate of drug-likeness (QED) is 0.602. The predicted octanol–water partition coefficient (Wildman–Crippen LogP) is 1.03. The lowest BCUT2D eigenvalue weighted by atomic mass is 10.1. The van der Waals surface area contributed by atoms with Crippen LogP contribution in [0.25, 0.3) is 0 Å². The third kappa shape index (κ3) is 4.29. The second kappa shape index (κ2) is 6.40. The molecule has 0 aliphatic heterocycles. The molecule has 0 spiro atoms. The van der Waals surface area contributed by atoms with E-state index in [0.29, 0.717) is 5.75 Å². The van der Waals surface area contributed by atoms with Gasteiger partial charge in [-0.2, -0.15) is 0 Å². The second-order valence-corrected chi connectivity index (χ2v) is 2.95. The summed E-state index contributed by atoms with van der Waals surface area (Å²) in [6, 6.07) is 6.35. The van der Waals surface area contributed by atoms with E-state index in [2.05, 4.69) is 0 Å². The Labute approximate surface area is 94.5 Å². The van der Waals surface area contributed by atoms with Crippen molar-refractivity contribution in [1.29, 1.82) is 0 Å². The summed E-state index contributed by atoms with van der Waals surface area (Å²) < 4.78 is 4.84. The molecule has 0 amide bonds. The fourth-order valence-electron chi connectivity index (χ4n) is 1.05. The minimum atomic E-state index is -0.388. The highest BCUT2D eigenvalue weighted by Gasteiger charge is 2.04. The molecule has 5 heteroatoms. The Morgan fingerprint density at radius 3 is 2.40 bits per heavy atom. The smallest absolute Gasteiger partial charge is 0.308 e. The molecule has 0 aliphatic rings. The number of benzene rings is 1. The van der Waals surface area contributed by atoms with E-state index >= 15 is 0 Å². The fourth-order valence-corrected chi connectivity index (χ4v) is 1.05. The summed E-state index contributed by atoms with van der Waals surface area (Å²) in [4.78, 5) is 10.6. The molecule has 0 radical (unpaired) electrons. The van der Waals surface area contributed by atoms with E-state index in [1.54, 1.807) is 24.3 Å². The molecule has 0 saturated carbocycles. The molecule has 0 aromatic heterocycles. The molecular formula is C10H14ClNO3. The molecule has 0 fully saturated rings. The number of nitrogens with two attached hydrogens (primary N) is 1. The van der Waals surface area contributed by atoms with Crippen molar-refractivity contribution in [3.8, 4) is 5.75 Å². The number of aliphatic hydroxyl groups is 1. The van der Waals surface area contributed by atoms with Crippen LogP contribution >= 0.6 is 12.4 Å². The van der Waals surface area contributed by atoms with Gasteiger partial charge in [0, 0.05) is 6.92 Å². The minimum Gasteiger partial charge on any atom is -0.427 e. The van der Waals surface area contributed by atoms with E-state index in [1.807, 2.05) is 0 Å². The Hall–Kier alpha value is -1.10. The van der Waals surface area contributed by atoms with Crippen molar-refractivity contribution in [2.45, 2.75) is 13.0 Å². The van der Waals surface area contributed by atoms with E-state index in [0.717, 1.165) is 5.56 Å². The van der Waals surface area contributed by atoms with Gasteiger partial charge in [-0.1, -0.05) is 12.1 Å². The van der Waals surface area contributed by atoms with E-state index in [9.17, 15) is 4.79 Å². The summed E-state index contributed by atoms with van der Waals surface area (Å²) in [6.45, 7) is 1.24. The first kappa shape index (κ1) is 13.9. The molecule has 0 heterocycles. The fraction of sp³-hybridized carbons (Fsp3) is 0.300. The predicted molar refractivity (Wildman–Crippen MR) is 59.0 cm³/mol. The monoisotopic (exact) mass is 231 g/mol. The minimum absolute atomic E-state index is 0. The van der Waals surface area contributed by atoms with Crippen LogP contribution in [0.15, 0.2) is 24.3 Å². The Morgan fingerprint density at radius 1 is 1.47 bits per heavy atom. The molecule has 0 unspecified atom stereocenters. The van der Waals surface area contributed by atoms with Gasteiger partial charge >= 0.3 is 5.97 Å². The number of carbonyl (C=O) groups is 1. The number of hydrogen-bond donors (Lipinski definition) is 2. The molecule has 1 aromatic rings. The number of halogens is 1. The lowest BCUT2D eigenvalue weighted by molar-refractivity contribution is -0.131. The molecule has 0 saturated heterocycles. The van der Waals surface area contributed by atoms with Crippen molar-refractivity contribution in [1.82, 2.24) is 0 Å². The zero-order valence-corrected chi connectivity index (χ0v) is 9.16. The third-order valence-electron chi connectivity index (χ3n) is 1.77. The molecule has 0 bridgehead atoms. The van der Waals surface area contributed by atoms with Crippen LogP contribution in [0.2, 0.25) is 0 Å². The van der Waals surface area contributed by atoms with Gasteiger partial charge in [0.1, 0.15) is 5.75 Å². The summed E-state index contributed by atoms with van der Waals surface area (Å²) in [5.74, 6) is 0.121. The van der Waals surface area contributed by atoms with Crippen molar-refractivity contribution in [2.75, 3.05) is 6.61 Å². The van der Waals surface area contributed by atoms with Crippen LogP contribution in [-0.4, -0.2) is 17.7 Å². The van der Waals surface area contributed by atoms with Crippen LogP contribution in [0.4, 0.5) is 0 Å². The van der Waals surface area contributed by atoms with Crippen molar-refractivity contribution < 1.29 is 14.6 Å². The lowest BCUT2D eigenvalue weighted by Crippen LogP contribution is -2.14. The number of ether oxygens (including phenoxy) is 1. The van der Waals surface area contributed by atoms with Gasteiger partial charge < -0.3 is 15.6 Å². The van der Waals surface area contributed by atoms with Gasteiger partial charge in [-0.05, 0) is 17.7 Å². The molecular weight excluding hydrogens is 218 g/mol. The van der Waals surface area contributed by atoms with Gasteiger partial charge in [-0.3, -0.25) is 4.79 Å². The van der Waals surface area contributed by atoms with Crippen molar-refractivity contribution in [3.05, 3.63) is 29.8 Å². The maximum absolute atomic E-state index is 10.6. The summed E-state index contributed by atoms with van der Waals surface area (Å²) in [5.41, 5.74) is 6.40. The van der Waals surface area contributed by atoms with Crippen LogP contribution < -0.4 is 10.5 Å². The van der Waals surface area contributed by atoms with E-state index in [-0.39, 0.29) is 31.0 Å². The summed E-state index contributed by atoms with van der Waals surface area (Å²) in [5, 5.41) is 8.79. The van der Waals surface area contributed by atoms with Gasteiger partial charge in [0.25, 0.3) is 0 Å². The summed E-state index contributed by atoms with van der Waals surface area (Å²) >= 11 is 0. The van der Waals surface area contributed by atoms with E-state index in [1.165, 1.54) is 6.92 Å².